The van der Waals surface area contributed by atoms with E-state index in [1.165, 1.54) is 24.4 Å². The van der Waals surface area contributed by atoms with Crippen LogP contribution in [-0.2, 0) is 0 Å². The number of rotatable bonds is 4. The highest BCUT2D eigenvalue weighted by Crippen LogP contribution is 2.40. The van der Waals surface area contributed by atoms with Gasteiger partial charge < -0.3 is 10.2 Å². The molecule has 0 bridgehead atoms. The molecule has 25 heavy (non-hydrogen) atoms. The molecule has 1 N–H and O–H groups in total. The first kappa shape index (κ1) is 16.2. The number of hydrogen-bond acceptors (Lipinski definition) is 7. The van der Waals surface area contributed by atoms with Gasteiger partial charge in [0.05, 0.1) is 11.2 Å². The summed E-state index contributed by atoms with van der Waals surface area (Å²) in [6.45, 7) is 14.6. The van der Waals surface area contributed by atoms with E-state index in [-0.39, 0.29) is 5.54 Å². The molecule has 2 aromatic heterocycles. The van der Waals surface area contributed by atoms with Crippen LogP contribution in [0.4, 0.5) is 16.8 Å². The maximum absolute atomic E-state index is 7.17. The molecular weight excluding hydrogens is 334 g/mol. The summed E-state index contributed by atoms with van der Waals surface area (Å²) in [5.74, 6) is 1.59. The zero-order chi connectivity index (χ0) is 17.4. The predicted molar refractivity (Wildman–Crippen MR) is 99.3 cm³/mol. The summed E-state index contributed by atoms with van der Waals surface area (Å²) in [5.41, 5.74) is 2.24. The Labute approximate surface area is 151 Å². The van der Waals surface area contributed by atoms with E-state index >= 15 is 0 Å². The molecule has 0 radical (unpaired) electrons. The van der Waals surface area contributed by atoms with E-state index in [1.54, 1.807) is 0 Å². The molecule has 2 aliphatic heterocycles. The van der Waals surface area contributed by atoms with Crippen molar-refractivity contribution in [3.05, 3.63) is 34.9 Å². The van der Waals surface area contributed by atoms with E-state index in [1.807, 2.05) is 26.1 Å². The fourth-order valence-corrected chi connectivity index (χ4v) is 4.47. The molecular formula is C17H21N7S. The van der Waals surface area contributed by atoms with Gasteiger partial charge in [0, 0.05) is 31.4 Å². The second-order valence-corrected chi connectivity index (χ2v) is 7.71. The Balaban J connectivity index is 1.50. The predicted octanol–water partition coefficient (Wildman–Crippen LogP) is 2.82. The van der Waals surface area contributed by atoms with E-state index in [0.717, 1.165) is 41.7 Å². The maximum Gasteiger partial charge on any atom is 0.271 e. The van der Waals surface area contributed by atoms with Crippen LogP contribution in [0.15, 0.2) is 12.3 Å². The molecule has 0 amide bonds. The fourth-order valence-electron chi connectivity index (χ4n) is 3.82. The van der Waals surface area contributed by atoms with Gasteiger partial charge >= 0.3 is 0 Å². The lowest BCUT2D eigenvalue weighted by Crippen LogP contribution is -2.68. The topological polar surface area (TPSA) is 61.5 Å². The Morgan fingerprint density at radius 3 is 2.96 bits per heavy atom. The first-order chi connectivity index (χ1) is 12.1. The second-order valence-electron chi connectivity index (χ2n) is 6.90. The molecule has 4 heterocycles. The molecule has 0 aromatic carbocycles. The lowest BCUT2D eigenvalue weighted by atomic mass is 9.87. The molecule has 0 aliphatic carbocycles. The standard InChI is InChI=1S/C17H21N7S/c1-12-8-19-16(20-14-7-13(2)22-25-14)21-15(12)23-9-17(10-23)5-4-6-24(17)11-18-3/h7-8H,4-6,9-11H2,1-2H3,(H,19,20,21). The average molecular weight is 355 g/mol. The van der Waals surface area contributed by atoms with Crippen LogP contribution in [0, 0.1) is 20.4 Å². The first-order valence-electron chi connectivity index (χ1n) is 8.47. The van der Waals surface area contributed by atoms with Crippen molar-refractivity contribution >= 4 is 28.3 Å². The monoisotopic (exact) mass is 355 g/mol. The summed E-state index contributed by atoms with van der Waals surface area (Å²) in [4.78, 5) is 17.4. The van der Waals surface area contributed by atoms with Crippen molar-refractivity contribution in [2.24, 2.45) is 0 Å². The van der Waals surface area contributed by atoms with Crippen molar-refractivity contribution in [1.82, 2.24) is 19.2 Å². The normalized spacial score (nSPS) is 19.0. The van der Waals surface area contributed by atoms with Crippen LogP contribution in [0.3, 0.4) is 0 Å². The molecule has 2 saturated heterocycles. The van der Waals surface area contributed by atoms with Crippen molar-refractivity contribution in [3.63, 3.8) is 0 Å². The molecule has 0 saturated carbocycles. The average Bonchev–Trinajstić information content (AvgIpc) is 3.15. The third-order valence-corrected chi connectivity index (χ3v) is 5.86. The number of anilines is 3. The van der Waals surface area contributed by atoms with Gasteiger partial charge in [0.25, 0.3) is 6.67 Å². The number of nitrogens with zero attached hydrogens (tertiary/aromatic N) is 6. The minimum absolute atomic E-state index is 0.171. The lowest BCUT2D eigenvalue weighted by molar-refractivity contribution is 0.115. The van der Waals surface area contributed by atoms with E-state index < -0.39 is 0 Å². The van der Waals surface area contributed by atoms with Gasteiger partial charge in [0.1, 0.15) is 10.8 Å². The quantitative estimate of drug-likeness (QED) is 0.851. The molecule has 7 nitrogen and oxygen atoms in total. The summed E-state index contributed by atoms with van der Waals surface area (Å²) >= 11 is 1.41. The summed E-state index contributed by atoms with van der Waals surface area (Å²) in [5, 5.41) is 4.19. The Hall–Kier alpha value is -2.24. The Kier molecular flexibility index (Phi) is 4.06. The van der Waals surface area contributed by atoms with Crippen LogP contribution >= 0.6 is 11.5 Å². The van der Waals surface area contributed by atoms with E-state index in [9.17, 15) is 0 Å². The van der Waals surface area contributed by atoms with Gasteiger partial charge in [0.15, 0.2) is 0 Å². The van der Waals surface area contributed by atoms with Gasteiger partial charge in [-0.2, -0.15) is 9.36 Å². The van der Waals surface area contributed by atoms with Crippen molar-refractivity contribution < 1.29 is 0 Å². The summed E-state index contributed by atoms with van der Waals surface area (Å²) in [6.07, 6.45) is 4.23. The van der Waals surface area contributed by atoms with E-state index in [2.05, 4.69) is 29.3 Å². The minimum atomic E-state index is 0.171. The third kappa shape index (κ3) is 2.94. The van der Waals surface area contributed by atoms with E-state index in [0.29, 0.717) is 12.6 Å². The molecule has 8 heteroatoms. The fraction of sp³-hybridized carbons (Fsp3) is 0.529. The molecule has 2 aliphatic rings. The highest BCUT2D eigenvalue weighted by molar-refractivity contribution is 7.10. The first-order valence-corrected chi connectivity index (χ1v) is 9.24. The molecule has 1 spiro atoms. The van der Waals surface area contributed by atoms with Gasteiger partial charge in [-0.15, -0.1) is 0 Å². The Morgan fingerprint density at radius 1 is 1.40 bits per heavy atom. The zero-order valence-corrected chi connectivity index (χ0v) is 15.3. The van der Waals surface area contributed by atoms with Crippen molar-refractivity contribution in [1.29, 1.82) is 0 Å². The van der Waals surface area contributed by atoms with Crippen LogP contribution in [0.5, 0.6) is 0 Å². The van der Waals surface area contributed by atoms with Gasteiger partial charge in [-0.3, -0.25) is 4.85 Å². The number of aryl methyl sites for hydroxylation is 2. The van der Waals surface area contributed by atoms with E-state index in [4.69, 9.17) is 11.6 Å². The molecule has 0 unspecified atom stereocenters. The van der Waals surface area contributed by atoms with Crippen molar-refractivity contribution in [3.8, 4) is 0 Å². The van der Waals surface area contributed by atoms with Crippen LogP contribution in [0.1, 0.15) is 24.1 Å². The van der Waals surface area contributed by atoms with Crippen molar-refractivity contribution in [2.45, 2.75) is 32.2 Å². The third-order valence-electron chi connectivity index (χ3n) is 5.06. The van der Waals surface area contributed by atoms with Gasteiger partial charge in [-0.1, -0.05) is 0 Å². The smallest absolute Gasteiger partial charge is 0.271 e. The van der Waals surface area contributed by atoms with Crippen LogP contribution in [-0.4, -0.2) is 51.1 Å². The number of aromatic nitrogens is 3. The summed E-state index contributed by atoms with van der Waals surface area (Å²) in [7, 11) is 0. The van der Waals surface area contributed by atoms with Gasteiger partial charge in [-0.25, -0.2) is 16.5 Å². The van der Waals surface area contributed by atoms with Crippen LogP contribution in [0.2, 0.25) is 0 Å². The SMILES string of the molecule is [C-]#[N+]CN1CCCC12CN(c1nc(Nc3cc(C)ns3)ncc1C)C2. The minimum Gasteiger partial charge on any atom is -0.352 e. The second kappa shape index (κ2) is 6.24. The molecule has 4 rings (SSSR count). The maximum atomic E-state index is 7.17. The molecule has 2 fully saturated rings. The van der Waals surface area contributed by atoms with Crippen molar-refractivity contribution in [2.75, 3.05) is 36.5 Å². The number of likely N-dealkylation sites (tertiary alicyclic amines) is 1. The highest BCUT2D eigenvalue weighted by Gasteiger charge is 2.51. The number of nitrogens with one attached hydrogen (secondary N) is 1. The summed E-state index contributed by atoms with van der Waals surface area (Å²) < 4.78 is 4.27. The van der Waals surface area contributed by atoms with Gasteiger partial charge in [0.2, 0.25) is 5.95 Å². The largest absolute Gasteiger partial charge is 0.352 e. The van der Waals surface area contributed by atoms with Crippen LogP contribution < -0.4 is 10.2 Å². The number of hydrogen-bond donors (Lipinski definition) is 1. The van der Waals surface area contributed by atoms with Crippen LogP contribution in [0.25, 0.3) is 4.85 Å². The molecule has 2 aromatic rings. The van der Waals surface area contributed by atoms with Gasteiger partial charge in [-0.05, 0) is 44.3 Å². The summed E-state index contributed by atoms with van der Waals surface area (Å²) in [6, 6.07) is 1.99. The lowest BCUT2D eigenvalue weighted by Gasteiger charge is -2.52. The molecule has 0 atom stereocenters. The molecule has 130 valence electrons. The Bertz CT molecular complexity index is 819. The zero-order valence-electron chi connectivity index (χ0n) is 14.5. The Morgan fingerprint density at radius 2 is 2.24 bits per heavy atom. The highest BCUT2D eigenvalue weighted by atomic mass is 32.1.